The molecular weight excluding hydrogens is 210 g/mol. The number of halogens is 2. The first kappa shape index (κ1) is 9.73. The maximum absolute atomic E-state index is 12.8. The highest BCUT2D eigenvalue weighted by Gasteiger charge is 2.25. The van der Waals surface area contributed by atoms with E-state index in [1.165, 1.54) is 6.07 Å². The van der Waals surface area contributed by atoms with Gasteiger partial charge in [-0.3, -0.25) is 4.21 Å². The molecule has 0 aromatic heterocycles. The van der Waals surface area contributed by atoms with Gasteiger partial charge in [0.05, 0.1) is 29.3 Å². The molecule has 2 atom stereocenters. The Morgan fingerprint density at radius 2 is 2.14 bits per heavy atom. The summed E-state index contributed by atoms with van der Waals surface area (Å²) in [6, 6.07) is 3.28. The first-order valence-electron chi connectivity index (χ1n) is 4.12. The van der Waals surface area contributed by atoms with Crippen LogP contribution in [0.2, 0.25) is 0 Å². The molecule has 0 saturated carbocycles. The smallest absolute Gasteiger partial charge is 0.160 e. The van der Waals surface area contributed by atoms with E-state index in [2.05, 4.69) is 0 Å². The van der Waals surface area contributed by atoms with Crippen molar-refractivity contribution in [3.8, 4) is 0 Å². The molecule has 2 nitrogen and oxygen atoms in total. The second-order valence-corrected chi connectivity index (χ2v) is 4.54. The van der Waals surface area contributed by atoms with Gasteiger partial charge in [-0.15, -0.1) is 0 Å². The first-order chi connectivity index (χ1) is 6.66. The lowest BCUT2D eigenvalue weighted by Gasteiger charge is -2.00. The fourth-order valence-electron chi connectivity index (χ4n) is 1.05. The zero-order valence-electron chi connectivity index (χ0n) is 7.20. The third kappa shape index (κ3) is 2.16. The molecule has 14 heavy (non-hydrogen) atoms. The Balaban J connectivity index is 2.14. The molecule has 1 aliphatic rings. The Hall–Kier alpha value is -0.810. The van der Waals surface area contributed by atoms with Crippen LogP contribution < -0.4 is 0 Å². The lowest BCUT2D eigenvalue weighted by Crippen LogP contribution is -2.04. The van der Waals surface area contributed by atoms with E-state index in [0.29, 0.717) is 17.3 Å². The summed E-state index contributed by atoms with van der Waals surface area (Å²) >= 11 is 0. The highest BCUT2D eigenvalue weighted by Crippen LogP contribution is 2.17. The Kier molecular flexibility index (Phi) is 2.60. The second-order valence-electron chi connectivity index (χ2n) is 3.04. The van der Waals surface area contributed by atoms with Gasteiger partial charge in [0.25, 0.3) is 0 Å². The highest BCUT2D eigenvalue weighted by molar-refractivity contribution is 7.85. The summed E-state index contributed by atoms with van der Waals surface area (Å²) in [5.41, 5.74) is 0. The average Bonchev–Trinajstić information content (AvgIpc) is 2.93. The fraction of sp³-hybridized carbons (Fsp3) is 0.333. The van der Waals surface area contributed by atoms with Crippen LogP contribution in [0.1, 0.15) is 0 Å². The normalized spacial score (nSPS) is 22.0. The van der Waals surface area contributed by atoms with E-state index in [1.807, 2.05) is 0 Å². The van der Waals surface area contributed by atoms with Gasteiger partial charge >= 0.3 is 0 Å². The van der Waals surface area contributed by atoms with Gasteiger partial charge in [-0.25, -0.2) is 8.78 Å². The molecule has 0 aliphatic carbocycles. The average molecular weight is 218 g/mol. The molecule has 1 fully saturated rings. The van der Waals surface area contributed by atoms with Gasteiger partial charge in [-0.1, -0.05) is 0 Å². The topological polar surface area (TPSA) is 29.6 Å². The Morgan fingerprint density at radius 1 is 1.43 bits per heavy atom. The molecule has 0 N–H and O–H groups in total. The van der Waals surface area contributed by atoms with E-state index in [4.69, 9.17) is 4.74 Å². The highest BCUT2D eigenvalue weighted by atomic mass is 32.2. The quantitative estimate of drug-likeness (QED) is 0.719. The van der Waals surface area contributed by atoms with E-state index >= 15 is 0 Å². The zero-order valence-corrected chi connectivity index (χ0v) is 8.02. The van der Waals surface area contributed by atoms with Gasteiger partial charge in [0.2, 0.25) is 0 Å². The van der Waals surface area contributed by atoms with Gasteiger partial charge in [0.15, 0.2) is 11.6 Å². The summed E-state index contributed by atoms with van der Waals surface area (Å²) in [6.07, 6.45) is 0.0175. The van der Waals surface area contributed by atoms with Crippen LogP contribution in [0.5, 0.6) is 0 Å². The van der Waals surface area contributed by atoms with Crippen LogP contribution in [-0.2, 0) is 15.5 Å². The molecule has 1 saturated heterocycles. The zero-order chi connectivity index (χ0) is 10.1. The van der Waals surface area contributed by atoms with Crippen LogP contribution in [0.15, 0.2) is 23.1 Å². The SMILES string of the molecule is O=S(CC1CO1)c1ccc(F)c(F)c1. The van der Waals surface area contributed by atoms with Crippen molar-refractivity contribution in [1.82, 2.24) is 0 Å². The van der Waals surface area contributed by atoms with Crippen molar-refractivity contribution in [2.75, 3.05) is 12.4 Å². The first-order valence-corrected chi connectivity index (χ1v) is 5.44. The van der Waals surface area contributed by atoms with Crippen molar-refractivity contribution in [2.24, 2.45) is 0 Å². The predicted octanol–water partition coefficient (Wildman–Crippen LogP) is 1.47. The molecule has 0 spiro atoms. The maximum Gasteiger partial charge on any atom is 0.160 e. The summed E-state index contributed by atoms with van der Waals surface area (Å²) in [5.74, 6) is -1.54. The lowest BCUT2D eigenvalue weighted by atomic mass is 10.3. The monoisotopic (exact) mass is 218 g/mol. The van der Waals surface area contributed by atoms with Crippen LogP contribution in [-0.4, -0.2) is 22.7 Å². The molecule has 2 rings (SSSR count). The molecule has 76 valence electrons. The largest absolute Gasteiger partial charge is 0.372 e. The summed E-state index contributed by atoms with van der Waals surface area (Å²) in [7, 11) is -1.30. The molecule has 1 aromatic carbocycles. The van der Waals surface area contributed by atoms with Crippen molar-refractivity contribution in [3.05, 3.63) is 29.8 Å². The van der Waals surface area contributed by atoms with E-state index < -0.39 is 22.4 Å². The van der Waals surface area contributed by atoms with Crippen molar-refractivity contribution >= 4 is 10.8 Å². The molecule has 2 unspecified atom stereocenters. The summed E-state index contributed by atoms with van der Waals surface area (Å²) in [5, 5.41) is 0. The number of hydrogen-bond donors (Lipinski definition) is 0. The Bertz CT molecular complexity index is 377. The van der Waals surface area contributed by atoms with Crippen molar-refractivity contribution in [1.29, 1.82) is 0 Å². The number of benzene rings is 1. The standard InChI is InChI=1S/C9H8F2O2S/c10-8-2-1-7(3-9(8)11)14(12)5-6-4-13-6/h1-3,6H,4-5H2. The Labute approximate surface area is 82.3 Å². The number of rotatable bonds is 3. The van der Waals surface area contributed by atoms with Gasteiger partial charge < -0.3 is 4.74 Å². The van der Waals surface area contributed by atoms with Gasteiger partial charge in [0, 0.05) is 4.90 Å². The molecule has 0 radical (unpaired) electrons. The van der Waals surface area contributed by atoms with Crippen LogP contribution >= 0.6 is 0 Å². The maximum atomic E-state index is 12.8. The summed E-state index contributed by atoms with van der Waals surface area (Å²) < 4.78 is 41.7. The van der Waals surface area contributed by atoms with Crippen molar-refractivity contribution in [3.63, 3.8) is 0 Å². The van der Waals surface area contributed by atoms with Crippen LogP contribution in [0.3, 0.4) is 0 Å². The van der Waals surface area contributed by atoms with E-state index in [-0.39, 0.29) is 6.10 Å². The minimum atomic E-state index is -1.30. The minimum absolute atomic E-state index is 0.0175. The van der Waals surface area contributed by atoms with Crippen molar-refractivity contribution in [2.45, 2.75) is 11.0 Å². The van der Waals surface area contributed by atoms with Gasteiger partial charge in [-0.2, -0.15) is 0 Å². The van der Waals surface area contributed by atoms with Crippen LogP contribution in [0.4, 0.5) is 8.78 Å². The van der Waals surface area contributed by atoms with E-state index in [1.54, 1.807) is 0 Å². The predicted molar refractivity (Wildman–Crippen MR) is 47.4 cm³/mol. The van der Waals surface area contributed by atoms with Crippen LogP contribution in [0.25, 0.3) is 0 Å². The van der Waals surface area contributed by atoms with Crippen LogP contribution in [0, 0.1) is 11.6 Å². The molecule has 5 heteroatoms. The lowest BCUT2D eigenvalue weighted by molar-refractivity contribution is 0.424. The summed E-state index contributed by atoms with van der Waals surface area (Å²) in [6.45, 7) is 0.607. The Morgan fingerprint density at radius 3 is 2.71 bits per heavy atom. The molecular formula is C9H8F2O2S. The minimum Gasteiger partial charge on any atom is -0.372 e. The van der Waals surface area contributed by atoms with E-state index in [9.17, 15) is 13.0 Å². The second kappa shape index (κ2) is 3.74. The number of hydrogen-bond acceptors (Lipinski definition) is 2. The molecule has 1 aromatic rings. The molecule has 0 bridgehead atoms. The third-order valence-electron chi connectivity index (χ3n) is 1.89. The summed E-state index contributed by atoms with van der Waals surface area (Å²) in [4.78, 5) is 0.305. The van der Waals surface area contributed by atoms with E-state index in [0.717, 1.165) is 12.1 Å². The van der Waals surface area contributed by atoms with Crippen molar-refractivity contribution < 1.29 is 17.7 Å². The van der Waals surface area contributed by atoms with Gasteiger partial charge in [0.1, 0.15) is 0 Å². The molecule has 1 heterocycles. The number of ether oxygens (including phenoxy) is 1. The fourth-order valence-corrected chi connectivity index (χ4v) is 2.23. The number of epoxide rings is 1. The van der Waals surface area contributed by atoms with Gasteiger partial charge in [-0.05, 0) is 18.2 Å². The third-order valence-corrected chi connectivity index (χ3v) is 3.35. The molecule has 0 amide bonds. The molecule has 1 aliphatic heterocycles.